The molecule has 0 atom stereocenters. The van der Waals surface area contributed by atoms with Crippen LogP contribution in [0.5, 0.6) is 5.75 Å². The molecule has 0 aliphatic carbocycles. The van der Waals surface area contributed by atoms with Crippen LogP contribution >= 0.6 is 22.6 Å². The molecule has 2 nitrogen and oxygen atoms in total. The summed E-state index contributed by atoms with van der Waals surface area (Å²) in [6, 6.07) is 13.4. The van der Waals surface area contributed by atoms with Crippen molar-refractivity contribution in [1.29, 1.82) is 0 Å². The predicted octanol–water partition coefficient (Wildman–Crippen LogP) is 4.06. The molecule has 1 N–H and O–H groups in total. The Morgan fingerprint density at radius 1 is 1.18 bits per heavy atom. The van der Waals surface area contributed by atoms with Crippen LogP contribution < -0.4 is 0 Å². The van der Waals surface area contributed by atoms with Gasteiger partial charge in [-0.3, -0.25) is 4.99 Å². The van der Waals surface area contributed by atoms with E-state index >= 15 is 0 Å². The highest BCUT2D eigenvalue weighted by Gasteiger charge is 1.97. The average Bonchev–Trinajstić information content (AvgIpc) is 2.32. The normalized spacial score (nSPS) is 10.9. The zero-order chi connectivity index (χ0) is 12.3. The number of rotatable bonds is 2. The highest BCUT2D eigenvalue weighted by atomic mass is 127. The third-order valence-electron chi connectivity index (χ3n) is 2.44. The van der Waals surface area contributed by atoms with E-state index in [-0.39, 0.29) is 0 Å². The molecule has 0 radical (unpaired) electrons. The van der Waals surface area contributed by atoms with E-state index in [1.807, 2.05) is 49.5 Å². The largest absolute Gasteiger partial charge is 0.507 e. The zero-order valence-corrected chi connectivity index (χ0v) is 11.5. The highest BCUT2D eigenvalue weighted by Crippen LogP contribution is 2.21. The quantitative estimate of drug-likeness (QED) is 0.651. The van der Waals surface area contributed by atoms with E-state index in [0.717, 1.165) is 20.4 Å². The second kappa shape index (κ2) is 5.31. The molecule has 0 bridgehead atoms. The Bertz CT molecular complexity index is 564. The SMILES string of the molecule is Cc1ccccc1N=Cc1ccc(O)c(I)c1. The van der Waals surface area contributed by atoms with Crippen molar-refractivity contribution in [3.8, 4) is 5.75 Å². The average molecular weight is 337 g/mol. The molecular weight excluding hydrogens is 325 g/mol. The molecule has 17 heavy (non-hydrogen) atoms. The second-order valence-corrected chi connectivity index (χ2v) is 4.92. The van der Waals surface area contributed by atoms with E-state index < -0.39 is 0 Å². The summed E-state index contributed by atoms with van der Waals surface area (Å²) in [5.74, 6) is 0.304. The van der Waals surface area contributed by atoms with Crippen molar-refractivity contribution >= 4 is 34.5 Å². The monoisotopic (exact) mass is 337 g/mol. The van der Waals surface area contributed by atoms with Gasteiger partial charge in [-0.1, -0.05) is 18.2 Å². The summed E-state index contributed by atoms with van der Waals surface area (Å²) in [5.41, 5.74) is 3.10. The van der Waals surface area contributed by atoms with Crippen molar-refractivity contribution < 1.29 is 5.11 Å². The first kappa shape index (κ1) is 12.1. The predicted molar refractivity (Wildman–Crippen MR) is 79.3 cm³/mol. The molecule has 2 rings (SSSR count). The molecule has 0 heterocycles. The Morgan fingerprint density at radius 2 is 1.94 bits per heavy atom. The van der Waals surface area contributed by atoms with Gasteiger partial charge in [-0.15, -0.1) is 0 Å². The summed E-state index contributed by atoms with van der Waals surface area (Å²) in [4.78, 5) is 4.44. The van der Waals surface area contributed by atoms with Gasteiger partial charge >= 0.3 is 0 Å². The molecule has 3 heteroatoms. The molecule has 0 unspecified atom stereocenters. The molecule has 2 aromatic rings. The van der Waals surface area contributed by atoms with Crippen LogP contribution in [-0.4, -0.2) is 11.3 Å². The summed E-state index contributed by atoms with van der Waals surface area (Å²) < 4.78 is 0.830. The lowest BCUT2D eigenvalue weighted by atomic mass is 10.2. The van der Waals surface area contributed by atoms with Gasteiger partial charge in [0, 0.05) is 6.21 Å². The number of hydrogen-bond acceptors (Lipinski definition) is 2. The van der Waals surface area contributed by atoms with E-state index in [1.165, 1.54) is 0 Å². The van der Waals surface area contributed by atoms with Crippen LogP contribution in [0.3, 0.4) is 0 Å². The molecule has 0 spiro atoms. The molecule has 86 valence electrons. The minimum absolute atomic E-state index is 0.304. The Hall–Kier alpha value is -1.36. The Morgan fingerprint density at radius 3 is 2.65 bits per heavy atom. The summed E-state index contributed by atoms with van der Waals surface area (Å²) >= 11 is 2.10. The van der Waals surface area contributed by atoms with Gasteiger partial charge in [0.1, 0.15) is 5.75 Å². The topological polar surface area (TPSA) is 32.6 Å². The maximum Gasteiger partial charge on any atom is 0.128 e. The van der Waals surface area contributed by atoms with Crippen LogP contribution in [0.15, 0.2) is 47.5 Å². The third-order valence-corrected chi connectivity index (χ3v) is 3.30. The lowest BCUT2D eigenvalue weighted by Crippen LogP contribution is -1.83. The maximum atomic E-state index is 9.42. The summed E-state index contributed by atoms with van der Waals surface area (Å²) in [7, 11) is 0. The van der Waals surface area contributed by atoms with Crippen molar-refractivity contribution in [1.82, 2.24) is 0 Å². The summed E-state index contributed by atoms with van der Waals surface area (Å²) in [5, 5.41) is 9.42. The number of benzene rings is 2. The van der Waals surface area contributed by atoms with Gasteiger partial charge in [0.05, 0.1) is 9.26 Å². The smallest absolute Gasteiger partial charge is 0.128 e. The van der Waals surface area contributed by atoms with Crippen LogP contribution in [0.1, 0.15) is 11.1 Å². The van der Waals surface area contributed by atoms with Gasteiger partial charge in [-0.05, 0) is 64.9 Å². The van der Waals surface area contributed by atoms with E-state index in [2.05, 4.69) is 27.6 Å². The highest BCUT2D eigenvalue weighted by molar-refractivity contribution is 14.1. The van der Waals surface area contributed by atoms with Crippen molar-refractivity contribution in [2.45, 2.75) is 6.92 Å². The molecule has 0 saturated carbocycles. The van der Waals surface area contributed by atoms with Crippen LogP contribution in [0, 0.1) is 10.5 Å². The first-order chi connectivity index (χ1) is 8.16. The van der Waals surface area contributed by atoms with Crippen molar-refractivity contribution in [2.75, 3.05) is 0 Å². The molecule has 0 saturated heterocycles. The van der Waals surface area contributed by atoms with Crippen LogP contribution in [0.4, 0.5) is 5.69 Å². The molecule has 0 aliphatic heterocycles. The van der Waals surface area contributed by atoms with Gasteiger partial charge in [-0.25, -0.2) is 0 Å². The minimum atomic E-state index is 0.304. The van der Waals surface area contributed by atoms with Gasteiger partial charge in [-0.2, -0.15) is 0 Å². The fraction of sp³-hybridized carbons (Fsp3) is 0.0714. The Balaban J connectivity index is 2.26. The van der Waals surface area contributed by atoms with Crippen molar-refractivity contribution in [3.63, 3.8) is 0 Å². The Kier molecular flexibility index (Phi) is 3.78. The number of halogens is 1. The number of aliphatic imine (C=N–C) groups is 1. The standard InChI is InChI=1S/C14H12INO/c1-10-4-2-3-5-13(10)16-9-11-6-7-14(17)12(15)8-11/h2-9,17H,1H3. The number of hydrogen-bond donors (Lipinski definition) is 1. The van der Waals surface area contributed by atoms with Gasteiger partial charge in [0.2, 0.25) is 0 Å². The first-order valence-corrected chi connectivity index (χ1v) is 6.33. The lowest BCUT2D eigenvalue weighted by molar-refractivity contribution is 0.471. The number of phenolic OH excluding ortho intramolecular Hbond substituents is 1. The van der Waals surface area contributed by atoms with E-state index in [4.69, 9.17) is 0 Å². The van der Waals surface area contributed by atoms with E-state index in [0.29, 0.717) is 5.75 Å². The number of aryl methyl sites for hydroxylation is 1. The zero-order valence-electron chi connectivity index (χ0n) is 9.39. The summed E-state index contributed by atoms with van der Waals surface area (Å²) in [6.07, 6.45) is 1.81. The molecule has 0 aliphatic rings. The molecule has 0 fully saturated rings. The van der Waals surface area contributed by atoms with Crippen LogP contribution in [0.2, 0.25) is 0 Å². The number of phenols is 1. The fourth-order valence-electron chi connectivity index (χ4n) is 1.46. The number of nitrogens with zero attached hydrogens (tertiary/aromatic N) is 1. The maximum absolute atomic E-state index is 9.42. The van der Waals surface area contributed by atoms with Crippen LogP contribution in [-0.2, 0) is 0 Å². The van der Waals surface area contributed by atoms with E-state index in [1.54, 1.807) is 6.07 Å². The van der Waals surface area contributed by atoms with Gasteiger partial charge in [0.25, 0.3) is 0 Å². The Labute approximate surface area is 114 Å². The summed E-state index contributed by atoms with van der Waals surface area (Å²) in [6.45, 7) is 2.03. The van der Waals surface area contributed by atoms with Crippen molar-refractivity contribution in [2.24, 2.45) is 4.99 Å². The minimum Gasteiger partial charge on any atom is -0.507 e. The molecular formula is C14H12INO. The number of aromatic hydroxyl groups is 1. The van der Waals surface area contributed by atoms with E-state index in [9.17, 15) is 5.11 Å². The van der Waals surface area contributed by atoms with Crippen LogP contribution in [0.25, 0.3) is 0 Å². The lowest BCUT2D eigenvalue weighted by Gasteiger charge is -2.00. The molecule has 0 amide bonds. The first-order valence-electron chi connectivity index (χ1n) is 5.25. The fourth-order valence-corrected chi connectivity index (χ4v) is 2.00. The van der Waals surface area contributed by atoms with Gasteiger partial charge < -0.3 is 5.11 Å². The molecule has 0 aromatic heterocycles. The van der Waals surface area contributed by atoms with Crippen molar-refractivity contribution in [3.05, 3.63) is 57.2 Å². The molecule has 2 aromatic carbocycles. The third kappa shape index (κ3) is 3.06. The second-order valence-electron chi connectivity index (χ2n) is 3.76. The van der Waals surface area contributed by atoms with Gasteiger partial charge in [0.15, 0.2) is 0 Å². The number of para-hydroxylation sites is 1.